The van der Waals surface area contributed by atoms with Crippen LogP contribution in [0.1, 0.15) is 65.2 Å². The maximum Gasteiger partial charge on any atom is 0.432 e. The summed E-state index contributed by atoms with van der Waals surface area (Å²) in [4.78, 5) is 72.1. The summed E-state index contributed by atoms with van der Waals surface area (Å²) in [5, 5.41) is 8.59. The lowest BCUT2D eigenvalue weighted by atomic mass is 9.95. The van der Waals surface area contributed by atoms with E-state index in [1.165, 1.54) is 20.4 Å². The van der Waals surface area contributed by atoms with Gasteiger partial charge in [-0.1, -0.05) is 64.1 Å². The number of alkyl carbamates (subject to hydrolysis) is 1. The normalized spacial score (nSPS) is 19.6. The number of anilines is 1. The largest absolute Gasteiger partial charge is 0.453 e. The van der Waals surface area contributed by atoms with Crippen molar-refractivity contribution in [1.82, 2.24) is 25.1 Å². The Morgan fingerprint density at radius 1 is 0.790 bits per heavy atom. The van der Waals surface area contributed by atoms with Crippen molar-refractivity contribution in [2.45, 2.75) is 77.5 Å². The predicted molar refractivity (Wildman–Crippen MR) is 242 cm³/mol. The van der Waals surface area contributed by atoms with Crippen molar-refractivity contribution in [3.8, 4) is 22.3 Å². The summed E-state index contributed by atoms with van der Waals surface area (Å²) in [6, 6.07) is 24.3. The van der Waals surface area contributed by atoms with Gasteiger partial charge in [0, 0.05) is 25.5 Å². The van der Waals surface area contributed by atoms with E-state index in [0.29, 0.717) is 13.1 Å². The van der Waals surface area contributed by atoms with Crippen LogP contribution in [0, 0.1) is 17.8 Å². The van der Waals surface area contributed by atoms with E-state index in [1.54, 1.807) is 0 Å². The number of aliphatic imine (C=N–C) groups is 2. The molecule has 14 nitrogen and oxygen atoms in total. The summed E-state index contributed by atoms with van der Waals surface area (Å²) >= 11 is 0. The minimum absolute atomic E-state index is 0.0513. The number of methoxy groups -OCH3 is 2. The van der Waals surface area contributed by atoms with Crippen LogP contribution in [0.15, 0.2) is 82.8 Å². The Bertz CT molecular complexity index is 2580. The molecule has 1 aromatic heterocycles. The number of rotatable bonds is 10. The highest BCUT2D eigenvalue weighted by atomic mass is 16.5. The Morgan fingerprint density at radius 3 is 2.18 bits per heavy atom. The van der Waals surface area contributed by atoms with E-state index >= 15 is 0 Å². The average molecular weight is 839 g/mol. The van der Waals surface area contributed by atoms with Gasteiger partial charge in [-0.25, -0.2) is 14.6 Å². The monoisotopic (exact) mass is 838 g/mol. The fourth-order valence-corrected chi connectivity index (χ4v) is 9.02. The fraction of sp³-hybridized carbons (Fsp3) is 0.396. The molecule has 8 rings (SSSR count). The molecule has 0 radical (unpaired) electrons. The Hall–Kier alpha value is -6.57. The van der Waals surface area contributed by atoms with Gasteiger partial charge in [-0.2, -0.15) is 4.99 Å². The topological polar surface area (TPSA) is 171 Å². The van der Waals surface area contributed by atoms with E-state index in [0.717, 1.165) is 86.9 Å². The number of ether oxygens (including phenoxy) is 2. The van der Waals surface area contributed by atoms with Gasteiger partial charge in [-0.05, 0) is 107 Å². The van der Waals surface area contributed by atoms with Gasteiger partial charge in [-0.15, -0.1) is 0 Å². The van der Waals surface area contributed by atoms with Gasteiger partial charge in [0.15, 0.2) is 0 Å². The van der Waals surface area contributed by atoms with Crippen LogP contribution in [0.2, 0.25) is 0 Å². The van der Waals surface area contributed by atoms with Gasteiger partial charge >= 0.3 is 12.2 Å². The Morgan fingerprint density at radius 2 is 1.47 bits per heavy atom. The van der Waals surface area contributed by atoms with Crippen LogP contribution in [0.25, 0.3) is 44.1 Å². The van der Waals surface area contributed by atoms with Crippen LogP contribution in [0.5, 0.6) is 0 Å². The number of likely N-dealkylation sites (tertiary alicyclic amines) is 2. The minimum Gasteiger partial charge on any atom is -0.453 e. The summed E-state index contributed by atoms with van der Waals surface area (Å²) in [7, 11) is 2.57. The molecule has 0 bridgehead atoms. The number of benzene rings is 4. The van der Waals surface area contributed by atoms with E-state index in [1.807, 2.05) is 49.8 Å². The number of nitrogens with zero attached hydrogens (tertiary/aromatic N) is 5. The molecular formula is C48H54N8O6. The Labute approximate surface area is 361 Å². The van der Waals surface area contributed by atoms with Crippen LogP contribution < -0.4 is 10.6 Å². The summed E-state index contributed by atoms with van der Waals surface area (Å²) < 4.78 is 9.44. The number of H-pyrrole nitrogens is 1. The van der Waals surface area contributed by atoms with Crippen LogP contribution in [0.3, 0.4) is 0 Å². The molecule has 3 aliphatic rings. The Kier molecular flexibility index (Phi) is 12.1. The summed E-state index contributed by atoms with van der Waals surface area (Å²) in [6.45, 7) is 8.95. The van der Waals surface area contributed by atoms with Gasteiger partial charge in [0.05, 0.1) is 60.7 Å². The zero-order chi connectivity index (χ0) is 43.7. The predicted octanol–water partition coefficient (Wildman–Crippen LogP) is 8.69. The number of aromatic amines is 1. The minimum atomic E-state index is -0.725. The zero-order valence-corrected chi connectivity index (χ0v) is 36.1. The molecule has 322 valence electrons. The third-order valence-electron chi connectivity index (χ3n) is 12.5. The molecule has 5 atom stereocenters. The lowest BCUT2D eigenvalue weighted by Gasteiger charge is -2.35. The molecular weight excluding hydrogens is 785 g/mol. The molecule has 2 unspecified atom stereocenters. The zero-order valence-electron chi connectivity index (χ0n) is 36.1. The molecule has 2 saturated heterocycles. The van der Waals surface area contributed by atoms with E-state index < -0.39 is 24.1 Å². The third kappa shape index (κ3) is 8.50. The quantitative estimate of drug-likeness (QED) is 0.117. The van der Waals surface area contributed by atoms with Crippen molar-refractivity contribution in [3.63, 3.8) is 0 Å². The standard InChI is InChI=1S/C48H54N8O6/c1-27(2)35(25-50-47(59)61-5)45(57)56-20-8-10-42(56)44-52-37-18-16-33(24-39(37)53-44)31-14-12-29-11-13-30(21-34(29)22-31)32-15-17-36-38(23-32)49-26-40(51-36)41-9-7-19-55(41)46(58)43(28(3)4)54-48(60)62-6/h11-18,21-28,35,40-43,51H,7-10,19-20H2,1-6H3,(H,52,53)(H,54,60)/b50-25-/t35?,40?,41-,42-,43-/m0/s1. The van der Waals surface area contributed by atoms with Crippen molar-refractivity contribution >= 4 is 69.6 Å². The summed E-state index contributed by atoms with van der Waals surface area (Å²) in [5.41, 5.74) is 7.70. The first kappa shape index (κ1) is 42.1. The third-order valence-corrected chi connectivity index (χ3v) is 12.5. The number of nitrogens with one attached hydrogen (secondary N) is 3. The molecule has 0 saturated carbocycles. The molecule has 3 N–H and O–H groups in total. The molecule has 0 aliphatic carbocycles. The number of imidazole rings is 1. The second kappa shape index (κ2) is 17.8. The second-order valence-electron chi connectivity index (χ2n) is 17.1. The van der Waals surface area contributed by atoms with Crippen molar-refractivity contribution in [2.24, 2.45) is 27.7 Å². The van der Waals surface area contributed by atoms with Gasteiger partial charge in [0.25, 0.3) is 0 Å². The molecule has 62 heavy (non-hydrogen) atoms. The lowest BCUT2D eigenvalue weighted by Crippen LogP contribution is -2.55. The van der Waals surface area contributed by atoms with Crippen LogP contribution in [-0.4, -0.2) is 102 Å². The first-order valence-electron chi connectivity index (χ1n) is 21.5. The highest BCUT2D eigenvalue weighted by molar-refractivity contribution is 5.97. The number of fused-ring (bicyclic) bond motifs is 3. The first-order chi connectivity index (χ1) is 29.9. The number of carbonyl (C=O) groups excluding carboxylic acids is 4. The Balaban J connectivity index is 0.985. The lowest BCUT2D eigenvalue weighted by molar-refractivity contribution is -0.136. The summed E-state index contributed by atoms with van der Waals surface area (Å²) in [5.74, 6) is -0.138. The average Bonchev–Trinajstić information content (AvgIpc) is 4.07. The highest BCUT2D eigenvalue weighted by Gasteiger charge is 2.40. The van der Waals surface area contributed by atoms with Crippen molar-refractivity contribution < 1.29 is 28.7 Å². The van der Waals surface area contributed by atoms with Gasteiger partial charge in [0.2, 0.25) is 11.8 Å². The number of hydrogen-bond acceptors (Lipinski definition) is 9. The van der Waals surface area contributed by atoms with Gasteiger partial charge < -0.3 is 34.9 Å². The van der Waals surface area contributed by atoms with E-state index in [9.17, 15) is 19.2 Å². The SMILES string of the molecule is COC(=O)/N=C\C(C(=O)N1CCC[C@H]1c1nc2ccc(-c3ccc4ccc(-c5ccc6c(c5)N=CC([C@@H]5CCCN5C(=O)[C@@H](NC(=O)OC)C(C)C)N6)cc4c3)cc2[nH]1)C(C)C. The van der Waals surface area contributed by atoms with Gasteiger partial charge in [0.1, 0.15) is 11.9 Å². The second-order valence-corrected chi connectivity index (χ2v) is 17.1. The van der Waals surface area contributed by atoms with E-state index in [-0.39, 0.29) is 41.8 Å². The van der Waals surface area contributed by atoms with Crippen molar-refractivity contribution in [1.29, 1.82) is 0 Å². The number of hydrogen-bond donors (Lipinski definition) is 3. The van der Waals surface area contributed by atoms with Crippen molar-refractivity contribution in [3.05, 3.63) is 78.6 Å². The maximum atomic E-state index is 13.8. The number of aromatic nitrogens is 2. The molecule has 0 spiro atoms. The summed E-state index contributed by atoms with van der Waals surface area (Å²) in [6.07, 6.45) is 5.33. The maximum absolute atomic E-state index is 13.8. The van der Waals surface area contributed by atoms with E-state index in [4.69, 9.17) is 14.7 Å². The molecule has 4 aromatic carbocycles. The molecule has 4 heterocycles. The first-order valence-corrected chi connectivity index (χ1v) is 21.5. The molecule has 2 fully saturated rings. The van der Waals surface area contributed by atoms with Crippen LogP contribution in [-0.2, 0) is 19.1 Å². The number of amides is 4. The molecule has 14 heteroatoms. The number of carbonyl (C=O) groups is 4. The molecule has 4 amide bonds. The van der Waals surface area contributed by atoms with E-state index in [2.05, 4.69) is 92.1 Å². The molecule has 3 aliphatic heterocycles. The van der Waals surface area contributed by atoms with Crippen LogP contribution >= 0.6 is 0 Å². The smallest absolute Gasteiger partial charge is 0.432 e. The molecule has 5 aromatic rings. The van der Waals surface area contributed by atoms with Crippen LogP contribution in [0.4, 0.5) is 21.0 Å². The highest BCUT2D eigenvalue weighted by Crippen LogP contribution is 2.38. The van der Waals surface area contributed by atoms with Gasteiger partial charge in [-0.3, -0.25) is 14.6 Å². The fourth-order valence-electron chi connectivity index (χ4n) is 9.02. The van der Waals surface area contributed by atoms with Crippen molar-refractivity contribution in [2.75, 3.05) is 32.6 Å².